The van der Waals surface area contributed by atoms with E-state index in [1.54, 1.807) is 0 Å². The van der Waals surface area contributed by atoms with E-state index in [2.05, 4.69) is 5.11 Å². The summed E-state index contributed by atoms with van der Waals surface area (Å²) in [7, 11) is 0. The van der Waals surface area contributed by atoms with Gasteiger partial charge in [0.25, 0.3) is 0 Å². The van der Waals surface area contributed by atoms with Gasteiger partial charge in [0.05, 0.1) is 0 Å². The lowest BCUT2D eigenvalue weighted by Gasteiger charge is -2.10. The van der Waals surface area contributed by atoms with Crippen molar-refractivity contribution in [2.24, 2.45) is 11.0 Å². The van der Waals surface area contributed by atoms with Crippen molar-refractivity contribution in [3.05, 3.63) is 23.6 Å². The third-order valence-electron chi connectivity index (χ3n) is 1.98. The summed E-state index contributed by atoms with van der Waals surface area (Å²) in [5.74, 6) is 1.14. The van der Waals surface area contributed by atoms with E-state index < -0.39 is 0 Å². The smallest absolute Gasteiger partial charge is 0.236 e. The van der Waals surface area contributed by atoms with Crippen molar-refractivity contribution in [2.45, 2.75) is 12.8 Å². The zero-order valence-corrected chi connectivity index (χ0v) is 6.21. The zero-order chi connectivity index (χ0) is 7.68. The van der Waals surface area contributed by atoms with Crippen molar-refractivity contribution in [2.75, 3.05) is 6.61 Å². The van der Waals surface area contributed by atoms with Crippen LogP contribution in [0.5, 0.6) is 0 Å². The topological polar surface area (TPSA) is 45.4 Å². The molecule has 1 saturated carbocycles. The van der Waals surface area contributed by atoms with Crippen molar-refractivity contribution >= 4 is 0 Å². The fourth-order valence-electron chi connectivity index (χ4n) is 1.26. The lowest BCUT2D eigenvalue weighted by molar-refractivity contribution is 0.230. The van der Waals surface area contributed by atoms with Crippen LogP contribution in [0.1, 0.15) is 12.8 Å². The zero-order valence-electron chi connectivity index (χ0n) is 6.21. The second kappa shape index (κ2) is 2.49. The number of allylic oxidation sites excluding steroid dienone is 2. The molecule has 58 valence electrons. The van der Waals surface area contributed by atoms with E-state index >= 15 is 0 Å². The van der Waals surface area contributed by atoms with Gasteiger partial charge in [-0.15, -0.1) is 5.11 Å². The molecule has 0 amide bonds. The second-order valence-corrected chi connectivity index (χ2v) is 2.86. The summed E-state index contributed by atoms with van der Waals surface area (Å²) in [5, 5.41) is 3.35. The Balaban J connectivity index is 2.26. The van der Waals surface area contributed by atoms with Gasteiger partial charge in [-0.25, -0.2) is 5.53 Å². The third kappa shape index (κ3) is 1.18. The Morgan fingerprint density at radius 2 is 2.36 bits per heavy atom. The van der Waals surface area contributed by atoms with Crippen molar-refractivity contribution < 1.29 is 4.74 Å². The average Bonchev–Trinajstić information content (AvgIpc) is 2.87. The molecule has 0 radical (unpaired) electrons. The highest BCUT2D eigenvalue weighted by Crippen LogP contribution is 2.40. The maximum Gasteiger partial charge on any atom is 0.236 e. The van der Waals surface area contributed by atoms with E-state index in [-0.39, 0.29) is 0 Å². The molecule has 0 aromatic rings. The minimum absolute atomic E-state index is 0.523. The molecule has 0 aromatic heterocycles. The van der Waals surface area contributed by atoms with Crippen LogP contribution < -0.4 is 0 Å². The van der Waals surface area contributed by atoms with Crippen LogP contribution in [0.2, 0.25) is 0 Å². The lowest BCUT2D eigenvalue weighted by Crippen LogP contribution is -2.00. The van der Waals surface area contributed by atoms with Crippen LogP contribution in [0, 0.1) is 11.4 Å². The van der Waals surface area contributed by atoms with Gasteiger partial charge in [0.1, 0.15) is 6.61 Å². The molecule has 1 heterocycles. The molecule has 1 fully saturated rings. The van der Waals surface area contributed by atoms with Crippen molar-refractivity contribution in [1.29, 1.82) is 5.53 Å². The van der Waals surface area contributed by atoms with E-state index in [0.717, 1.165) is 5.57 Å². The Hall–Kier alpha value is -1.12. The van der Waals surface area contributed by atoms with E-state index in [1.807, 2.05) is 12.2 Å². The molecule has 11 heavy (non-hydrogen) atoms. The summed E-state index contributed by atoms with van der Waals surface area (Å²) in [6.45, 7) is 0.563. The normalized spacial score (nSPS) is 23.3. The van der Waals surface area contributed by atoms with Crippen LogP contribution in [0.3, 0.4) is 0 Å². The molecule has 0 saturated heterocycles. The Morgan fingerprint density at radius 3 is 3.00 bits per heavy atom. The first-order valence-electron chi connectivity index (χ1n) is 3.83. The van der Waals surface area contributed by atoms with Crippen LogP contribution in [0.4, 0.5) is 0 Å². The number of nitrogens with zero attached hydrogens (tertiary/aromatic N) is 1. The highest BCUT2D eigenvalue weighted by atomic mass is 16.5. The van der Waals surface area contributed by atoms with Gasteiger partial charge in [0, 0.05) is 5.57 Å². The van der Waals surface area contributed by atoms with E-state index in [0.29, 0.717) is 18.4 Å². The number of hydrogen-bond acceptors (Lipinski definition) is 3. The number of hydrogen-bond donors (Lipinski definition) is 1. The maximum atomic E-state index is 6.86. The second-order valence-electron chi connectivity index (χ2n) is 2.86. The first kappa shape index (κ1) is 6.58. The summed E-state index contributed by atoms with van der Waals surface area (Å²) < 4.78 is 5.18. The van der Waals surface area contributed by atoms with E-state index in [4.69, 9.17) is 10.3 Å². The van der Waals surface area contributed by atoms with Crippen molar-refractivity contribution in [3.8, 4) is 0 Å². The van der Waals surface area contributed by atoms with Crippen LogP contribution in [0.25, 0.3) is 0 Å². The van der Waals surface area contributed by atoms with Crippen LogP contribution in [-0.2, 0) is 4.74 Å². The van der Waals surface area contributed by atoms with Crippen LogP contribution in [-0.4, -0.2) is 6.61 Å². The monoisotopic (exact) mass is 150 g/mol. The predicted molar refractivity (Wildman–Crippen MR) is 40.0 cm³/mol. The number of ether oxygens (including phenoxy) is 1. The van der Waals surface area contributed by atoms with Gasteiger partial charge in [-0.3, -0.25) is 0 Å². The van der Waals surface area contributed by atoms with E-state index in [1.165, 1.54) is 12.8 Å². The largest absolute Gasteiger partial charge is 0.472 e. The molecular formula is C8H10N2O. The molecule has 0 unspecified atom stereocenters. The van der Waals surface area contributed by atoms with Crippen LogP contribution in [0.15, 0.2) is 28.7 Å². The van der Waals surface area contributed by atoms with Crippen molar-refractivity contribution in [3.63, 3.8) is 0 Å². The average molecular weight is 150 g/mol. The molecule has 0 spiro atoms. The Bertz CT molecular complexity index is 238. The highest BCUT2D eigenvalue weighted by molar-refractivity contribution is 5.29. The third-order valence-corrected chi connectivity index (χ3v) is 1.98. The maximum absolute atomic E-state index is 6.86. The summed E-state index contributed by atoms with van der Waals surface area (Å²) in [4.78, 5) is 0. The minimum Gasteiger partial charge on any atom is -0.472 e. The molecule has 1 aliphatic heterocycles. The fraction of sp³-hybridized carbons (Fsp3) is 0.500. The van der Waals surface area contributed by atoms with Gasteiger partial charge < -0.3 is 4.74 Å². The van der Waals surface area contributed by atoms with Gasteiger partial charge in [-0.1, -0.05) is 6.08 Å². The molecule has 3 heteroatoms. The quantitative estimate of drug-likeness (QED) is 0.603. The Morgan fingerprint density at radius 1 is 1.55 bits per heavy atom. The summed E-state index contributed by atoms with van der Waals surface area (Å²) in [5.41, 5.74) is 7.97. The minimum atomic E-state index is 0.523. The molecule has 2 rings (SSSR count). The SMILES string of the molecule is N=NC1=C(C2CC2)C=CCO1. The predicted octanol–water partition coefficient (Wildman–Crippen LogP) is 2.23. The fourth-order valence-corrected chi connectivity index (χ4v) is 1.26. The van der Waals surface area contributed by atoms with E-state index in [9.17, 15) is 0 Å². The summed E-state index contributed by atoms with van der Waals surface area (Å²) in [6, 6.07) is 0. The molecule has 0 aromatic carbocycles. The lowest BCUT2D eigenvalue weighted by atomic mass is 10.1. The first-order chi connectivity index (χ1) is 5.42. The molecule has 3 nitrogen and oxygen atoms in total. The summed E-state index contributed by atoms with van der Waals surface area (Å²) >= 11 is 0. The Labute approximate surface area is 65.3 Å². The number of rotatable bonds is 2. The standard InChI is InChI=1S/C8H10N2O/c9-10-8-7(6-3-4-6)2-1-5-11-8/h1-2,6,9H,3-5H2. The summed E-state index contributed by atoms with van der Waals surface area (Å²) in [6.07, 6.45) is 6.46. The molecule has 1 aliphatic carbocycles. The molecule has 0 bridgehead atoms. The van der Waals surface area contributed by atoms with Gasteiger partial charge in [-0.05, 0) is 24.8 Å². The van der Waals surface area contributed by atoms with Gasteiger partial charge in [-0.2, -0.15) is 0 Å². The van der Waals surface area contributed by atoms with Gasteiger partial charge >= 0.3 is 0 Å². The van der Waals surface area contributed by atoms with Crippen molar-refractivity contribution in [1.82, 2.24) is 0 Å². The van der Waals surface area contributed by atoms with Gasteiger partial charge in [0.15, 0.2) is 0 Å². The number of nitrogens with one attached hydrogen (secondary N) is 1. The molecular weight excluding hydrogens is 140 g/mol. The molecule has 0 atom stereocenters. The highest BCUT2D eigenvalue weighted by Gasteiger charge is 2.28. The van der Waals surface area contributed by atoms with Crippen LogP contribution >= 0.6 is 0 Å². The Kier molecular flexibility index (Phi) is 1.49. The molecule has 1 N–H and O–H groups in total. The first-order valence-corrected chi connectivity index (χ1v) is 3.83. The van der Waals surface area contributed by atoms with Gasteiger partial charge in [0.2, 0.25) is 5.88 Å². The molecule has 2 aliphatic rings.